The van der Waals surface area contributed by atoms with Crippen LogP contribution in [-0.4, -0.2) is 39.9 Å². The normalized spacial score (nSPS) is 12.9. The fourth-order valence-electron chi connectivity index (χ4n) is 2.84. The Morgan fingerprint density at radius 3 is 2.24 bits per heavy atom. The van der Waals surface area contributed by atoms with Gasteiger partial charge in [-0.15, -0.1) is 0 Å². The molecule has 4 heteroatoms. The molecule has 0 aliphatic heterocycles. The van der Waals surface area contributed by atoms with E-state index in [1.54, 1.807) is 0 Å². The van der Waals surface area contributed by atoms with Gasteiger partial charge in [0.1, 0.15) is 0 Å². The van der Waals surface area contributed by atoms with Crippen molar-refractivity contribution in [2.75, 3.05) is 13.1 Å². The van der Waals surface area contributed by atoms with Crippen LogP contribution in [0.15, 0.2) is 6.20 Å². The lowest BCUT2D eigenvalue weighted by Gasteiger charge is -2.30. The zero-order chi connectivity index (χ0) is 16.2. The average Bonchev–Trinajstić information content (AvgIpc) is 2.69. The highest BCUT2D eigenvalue weighted by Crippen LogP contribution is 2.23. The van der Waals surface area contributed by atoms with Gasteiger partial charge in [0.05, 0.1) is 5.69 Å². The molecule has 0 spiro atoms. The molecule has 0 atom stereocenters. The molecule has 4 nitrogen and oxygen atoms in total. The quantitative estimate of drug-likeness (QED) is 0.785. The number of nitrogens with zero attached hydrogens (tertiary/aromatic N) is 3. The minimum atomic E-state index is 0.0974. The number of aromatic nitrogens is 2. The molecule has 1 aromatic rings. The molecule has 21 heavy (non-hydrogen) atoms. The Labute approximate surface area is 130 Å². The first kappa shape index (κ1) is 18.2. The van der Waals surface area contributed by atoms with Crippen LogP contribution < -0.4 is 5.32 Å². The van der Waals surface area contributed by atoms with Crippen molar-refractivity contribution in [3.05, 3.63) is 17.5 Å². The third kappa shape index (κ3) is 5.44. The standard InChI is InChI=1S/C17H34N4/c1-13(2)21(14(3)4)10-9-18-11-15-12-20(8)19-16(15)17(5,6)7/h12-14,18H,9-11H2,1-8H3. The third-order valence-electron chi connectivity index (χ3n) is 3.80. The summed E-state index contributed by atoms with van der Waals surface area (Å²) in [4.78, 5) is 2.51. The second-order valence-electron chi connectivity index (χ2n) is 7.53. The monoisotopic (exact) mass is 294 g/mol. The molecule has 0 aromatic carbocycles. The fourth-order valence-corrected chi connectivity index (χ4v) is 2.84. The van der Waals surface area contributed by atoms with Gasteiger partial charge in [0.15, 0.2) is 0 Å². The van der Waals surface area contributed by atoms with Gasteiger partial charge in [0.25, 0.3) is 0 Å². The molecule has 1 heterocycles. The molecular weight excluding hydrogens is 260 g/mol. The van der Waals surface area contributed by atoms with Gasteiger partial charge in [-0.3, -0.25) is 9.58 Å². The van der Waals surface area contributed by atoms with Crippen molar-refractivity contribution in [3.8, 4) is 0 Å². The van der Waals surface area contributed by atoms with Crippen LogP contribution in [0.2, 0.25) is 0 Å². The van der Waals surface area contributed by atoms with Crippen molar-refractivity contribution < 1.29 is 0 Å². The smallest absolute Gasteiger partial charge is 0.0722 e. The summed E-state index contributed by atoms with van der Waals surface area (Å²) in [6.07, 6.45) is 2.14. The second kappa shape index (κ2) is 7.41. The molecule has 0 saturated carbocycles. The van der Waals surface area contributed by atoms with E-state index in [-0.39, 0.29) is 5.41 Å². The number of hydrogen-bond acceptors (Lipinski definition) is 3. The van der Waals surface area contributed by atoms with E-state index in [1.807, 2.05) is 11.7 Å². The molecule has 122 valence electrons. The molecular formula is C17H34N4. The van der Waals surface area contributed by atoms with Crippen molar-refractivity contribution >= 4 is 0 Å². The van der Waals surface area contributed by atoms with Gasteiger partial charge in [-0.05, 0) is 27.7 Å². The van der Waals surface area contributed by atoms with Crippen LogP contribution in [-0.2, 0) is 19.0 Å². The highest BCUT2D eigenvalue weighted by molar-refractivity contribution is 5.23. The molecule has 0 aliphatic rings. The van der Waals surface area contributed by atoms with Crippen LogP contribution in [0.25, 0.3) is 0 Å². The number of nitrogens with one attached hydrogen (secondary N) is 1. The predicted molar refractivity (Wildman–Crippen MR) is 90.6 cm³/mol. The molecule has 0 fully saturated rings. The highest BCUT2D eigenvalue weighted by Gasteiger charge is 2.21. The predicted octanol–water partition coefficient (Wildman–Crippen LogP) is 2.93. The van der Waals surface area contributed by atoms with Gasteiger partial charge in [-0.2, -0.15) is 5.10 Å². The van der Waals surface area contributed by atoms with Crippen molar-refractivity contribution in [3.63, 3.8) is 0 Å². The summed E-state index contributed by atoms with van der Waals surface area (Å²) in [5.74, 6) is 0. The molecule has 0 amide bonds. The van der Waals surface area contributed by atoms with Gasteiger partial charge in [-0.1, -0.05) is 20.8 Å². The lowest BCUT2D eigenvalue weighted by atomic mass is 9.89. The summed E-state index contributed by atoms with van der Waals surface area (Å²) in [6.45, 7) is 18.7. The van der Waals surface area contributed by atoms with Crippen molar-refractivity contribution in [1.29, 1.82) is 0 Å². The SMILES string of the molecule is CC(C)N(CCNCc1cn(C)nc1C(C)(C)C)C(C)C. The van der Waals surface area contributed by atoms with E-state index in [0.29, 0.717) is 12.1 Å². The van der Waals surface area contributed by atoms with E-state index < -0.39 is 0 Å². The maximum atomic E-state index is 4.62. The Hall–Kier alpha value is -0.870. The molecule has 0 radical (unpaired) electrons. The molecule has 0 aliphatic carbocycles. The van der Waals surface area contributed by atoms with Crippen molar-refractivity contribution in [1.82, 2.24) is 20.0 Å². The molecule has 1 N–H and O–H groups in total. The Bertz CT molecular complexity index is 418. The van der Waals surface area contributed by atoms with Crippen molar-refractivity contribution in [2.45, 2.75) is 72.5 Å². The van der Waals surface area contributed by atoms with Crippen molar-refractivity contribution in [2.24, 2.45) is 7.05 Å². The molecule has 0 bridgehead atoms. The Balaban J connectivity index is 2.54. The topological polar surface area (TPSA) is 33.1 Å². The van der Waals surface area contributed by atoms with Crippen LogP contribution in [0, 0.1) is 0 Å². The van der Waals surface area contributed by atoms with E-state index in [4.69, 9.17) is 0 Å². The van der Waals surface area contributed by atoms with Crippen LogP contribution >= 0.6 is 0 Å². The lowest BCUT2D eigenvalue weighted by molar-refractivity contribution is 0.176. The maximum Gasteiger partial charge on any atom is 0.0722 e. The molecule has 1 rings (SSSR count). The minimum Gasteiger partial charge on any atom is -0.311 e. The lowest BCUT2D eigenvalue weighted by Crippen LogP contribution is -2.41. The summed E-state index contributed by atoms with van der Waals surface area (Å²) < 4.78 is 1.92. The minimum absolute atomic E-state index is 0.0974. The van der Waals surface area contributed by atoms with E-state index in [9.17, 15) is 0 Å². The summed E-state index contributed by atoms with van der Waals surface area (Å²) in [7, 11) is 2.00. The van der Waals surface area contributed by atoms with Gasteiger partial charge >= 0.3 is 0 Å². The Kier molecular flexibility index (Phi) is 6.41. The van der Waals surface area contributed by atoms with E-state index >= 15 is 0 Å². The zero-order valence-electron chi connectivity index (χ0n) is 15.2. The first-order valence-corrected chi connectivity index (χ1v) is 8.12. The third-order valence-corrected chi connectivity index (χ3v) is 3.80. The van der Waals surface area contributed by atoms with E-state index in [0.717, 1.165) is 19.6 Å². The fraction of sp³-hybridized carbons (Fsp3) is 0.824. The van der Waals surface area contributed by atoms with E-state index in [2.05, 4.69) is 70.0 Å². The summed E-state index contributed by atoms with van der Waals surface area (Å²) >= 11 is 0. The highest BCUT2D eigenvalue weighted by atomic mass is 15.3. The number of aryl methyl sites for hydroxylation is 1. The average molecular weight is 294 g/mol. The first-order chi connectivity index (χ1) is 9.62. The summed E-state index contributed by atoms with van der Waals surface area (Å²) in [5, 5.41) is 8.19. The first-order valence-electron chi connectivity index (χ1n) is 8.12. The molecule has 1 aromatic heterocycles. The van der Waals surface area contributed by atoms with E-state index in [1.165, 1.54) is 11.3 Å². The molecule has 0 saturated heterocycles. The van der Waals surface area contributed by atoms with Gasteiger partial charge in [0.2, 0.25) is 0 Å². The van der Waals surface area contributed by atoms with Crippen LogP contribution in [0.3, 0.4) is 0 Å². The Morgan fingerprint density at radius 2 is 1.76 bits per heavy atom. The van der Waals surface area contributed by atoms with Crippen LogP contribution in [0.1, 0.15) is 59.7 Å². The molecule has 0 unspecified atom stereocenters. The largest absolute Gasteiger partial charge is 0.311 e. The zero-order valence-corrected chi connectivity index (χ0v) is 15.2. The number of rotatable bonds is 7. The van der Waals surface area contributed by atoms with Gasteiger partial charge < -0.3 is 5.32 Å². The van der Waals surface area contributed by atoms with Gasteiger partial charge in [-0.25, -0.2) is 0 Å². The summed E-state index contributed by atoms with van der Waals surface area (Å²) in [5.41, 5.74) is 2.60. The van der Waals surface area contributed by atoms with Crippen LogP contribution in [0.5, 0.6) is 0 Å². The van der Waals surface area contributed by atoms with Gasteiger partial charge in [0, 0.05) is 55.9 Å². The van der Waals surface area contributed by atoms with Crippen LogP contribution in [0.4, 0.5) is 0 Å². The summed E-state index contributed by atoms with van der Waals surface area (Å²) in [6, 6.07) is 1.19. The second-order valence-corrected chi connectivity index (χ2v) is 7.53. The number of hydrogen-bond donors (Lipinski definition) is 1. The maximum absolute atomic E-state index is 4.62. The Morgan fingerprint density at radius 1 is 1.19 bits per heavy atom.